The summed E-state index contributed by atoms with van der Waals surface area (Å²) in [6.07, 6.45) is 3.84. The van der Waals surface area contributed by atoms with Gasteiger partial charge in [-0.25, -0.2) is 4.98 Å². The number of rotatable bonds is 3. The van der Waals surface area contributed by atoms with E-state index in [1.165, 1.54) is 7.11 Å². The number of hydrogen-bond donors (Lipinski definition) is 1. The predicted molar refractivity (Wildman–Crippen MR) is 85.3 cm³/mol. The highest BCUT2D eigenvalue weighted by Crippen LogP contribution is 2.27. The summed E-state index contributed by atoms with van der Waals surface area (Å²) in [4.78, 5) is 4.57. The van der Waals surface area contributed by atoms with Gasteiger partial charge in [-0.05, 0) is 35.9 Å². The van der Waals surface area contributed by atoms with Crippen LogP contribution in [0.5, 0.6) is 11.5 Å². The van der Waals surface area contributed by atoms with Crippen LogP contribution in [0.1, 0.15) is 11.3 Å². The van der Waals surface area contributed by atoms with Gasteiger partial charge in [0.1, 0.15) is 0 Å². The van der Waals surface area contributed by atoms with Crippen molar-refractivity contribution in [1.29, 1.82) is 0 Å². The van der Waals surface area contributed by atoms with E-state index in [0.717, 1.165) is 22.2 Å². The van der Waals surface area contributed by atoms with E-state index in [1.54, 1.807) is 12.1 Å². The van der Waals surface area contributed by atoms with Crippen molar-refractivity contribution in [3.8, 4) is 11.5 Å². The Balaban J connectivity index is 1.88. The monoisotopic (exact) mass is 277 g/mol. The molecule has 3 nitrogen and oxygen atoms in total. The molecule has 0 aliphatic rings. The maximum atomic E-state index is 9.76. The molecule has 0 fully saturated rings. The van der Waals surface area contributed by atoms with E-state index in [1.807, 2.05) is 54.6 Å². The standard InChI is InChI=1S/C18H15NO2/c1-21-18-11-7-13(12-17(18)20)6-9-15-10-8-14-4-2-3-5-16(14)19-15/h2-12,20H,1H3. The molecule has 1 N–H and O–H groups in total. The molecule has 0 spiro atoms. The molecule has 3 aromatic rings. The molecule has 1 heterocycles. The first-order valence-electron chi connectivity index (χ1n) is 6.67. The molecule has 104 valence electrons. The first-order chi connectivity index (χ1) is 10.3. The number of fused-ring (bicyclic) bond motifs is 1. The molecule has 21 heavy (non-hydrogen) atoms. The minimum atomic E-state index is 0.131. The highest BCUT2D eigenvalue weighted by Gasteiger charge is 2.00. The van der Waals surface area contributed by atoms with Gasteiger partial charge < -0.3 is 9.84 Å². The highest BCUT2D eigenvalue weighted by molar-refractivity contribution is 5.80. The topological polar surface area (TPSA) is 42.4 Å². The average molecular weight is 277 g/mol. The first-order valence-corrected chi connectivity index (χ1v) is 6.67. The molecular formula is C18H15NO2. The first kappa shape index (κ1) is 13.2. The smallest absolute Gasteiger partial charge is 0.160 e. The van der Waals surface area contributed by atoms with E-state index in [9.17, 15) is 5.11 Å². The lowest BCUT2D eigenvalue weighted by molar-refractivity contribution is 0.373. The van der Waals surface area contributed by atoms with Crippen molar-refractivity contribution in [1.82, 2.24) is 4.98 Å². The van der Waals surface area contributed by atoms with Crippen molar-refractivity contribution in [3.63, 3.8) is 0 Å². The highest BCUT2D eigenvalue weighted by atomic mass is 16.5. The summed E-state index contributed by atoms with van der Waals surface area (Å²) in [7, 11) is 1.53. The normalized spacial score (nSPS) is 11.1. The quantitative estimate of drug-likeness (QED) is 0.783. The van der Waals surface area contributed by atoms with Gasteiger partial charge in [0, 0.05) is 5.39 Å². The van der Waals surface area contributed by atoms with Crippen LogP contribution in [0.3, 0.4) is 0 Å². The summed E-state index contributed by atoms with van der Waals surface area (Å²) in [5.74, 6) is 0.599. The second-order valence-electron chi connectivity index (χ2n) is 4.69. The van der Waals surface area contributed by atoms with Crippen molar-refractivity contribution in [2.24, 2.45) is 0 Å². The van der Waals surface area contributed by atoms with Crippen LogP contribution in [0, 0.1) is 0 Å². The summed E-state index contributed by atoms with van der Waals surface area (Å²) in [5, 5.41) is 10.9. The number of hydrogen-bond acceptors (Lipinski definition) is 3. The van der Waals surface area contributed by atoms with Gasteiger partial charge >= 0.3 is 0 Å². The van der Waals surface area contributed by atoms with Gasteiger partial charge in [-0.2, -0.15) is 0 Å². The summed E-state index contributed by atoms with van der Waals surface area (Å²) >= 11 is 0. The minimum absolute atomic E-state index is 0.131. The molecule has 0 saturated carbocycles. The molecule has 0 aliphatic carbocycles. The van der Waals surface area contributed by atoms with Crippen LogP contribution < -0.4 is 4.74 Å². The number of aromatic nitrogens is 1. The van der Waals surface area contributed by atoms with Gasteiger partial charge in [-0.3, -0.25) is 0 Å². The molecular weight excluding hydrogens is 262 g/mol. The molecule has 3 heteroatoms. The third kappa shape index (κ3) is 2.87. The van der Waals surface area contributed by atoms with Crippen LogP contribution in [0.25, 0.3) is 23.1 Å². The van der Waals surface area contributed by atoms with Gasteiger partial charge in [-0.15, -0.1) is 0 Å². The van der Waals surface area contributed by atoms with Crippen molar-refractivity contribution in [2.45, 2.75) is 0 Å². The summed E-state index contributed by atoms with van der Waals surface area (Å²) in [6.45, 7) is 0. The van der Waals surface area contributed by atoms with Crippen molar-refractivity contribution < 1.29 is 9.84 Å². The Labute approximate surface area is 123 Å². The lowest BCUT2D eigenvalue weighted by Crippen LogP contribution is -1.84. The fourth-order valence-electron chi connectivity index (χ4n) is 2.17. The van der Waals surface area contributed by atoms with Crippen LogP contribution in [-0.2, 0) is 0 Å². The Morgan fingerprint density at radius 1 is 1.00 bits per heavy atom. The predicted octanol–water partition coefficient (Wildman–Crippen LogP) is 4.12. The van der Waals surface area contributed by atoms with Crippen molar-refractivity contribution >= 4 is 23.1 Å². The Bertz CT molecular complexity index is 809. The number of phenolic OH excluding ortho intramolecular Hbond substituents is 1. The zero-order chi connectivity index (χ0) is 14.7. The van der Waals surface area contributed by atoms with Crippen LogP contribution in [0.4, 0.5) is 0 Å². The fraction of sp³-hybridized carbons (Fsp3) is 0.0556. The Morgan fingerprint density at radius 2 is 1.86 bits per heavy atom. The SMILES string of the molecule is COc1ccc(C=Cc2ccc3ccccc3n2)cc1O. The number of aromatic hydroxyl groups is 1. The average Bonchev–Trinajstić information content (AvgIpc) is 2.53. The molecule has 2 aromatic carbocycles. The lowest BCUT2D eigenvalue weighted by atomic mass is 10.1. The summed E-state index contributed by atoms with van der Waals surface area (Å²) in [5.41, 5.74) is 2.74. The van der Waals surface area contributed by atoms with E-state index in [-0.39, 0.29) is 5.75 Å². The zero-order valence-corrected chi connectivity index (χ0v) is 11.7. The number of benzene rings is 2. The number of para-hydroxylation sites is 1. The number of phenols is 1. The number of pyridine rings is 1. The van der Waals surface area contributed by atoms with Crippen LogP contribution in [0.2, 0.25) is 0 Å². The third-order valence-electron chi connectivity index (χ3n) is 3.27. The van der Waals surface area contributed by atoms with Crippen molar-refractivity contribution in [3.05, 3.63) is 65.9 Å². The maximum Gasteiger partial charge on any atom is 0.160 e. The molecule has 0 aliphatic heterocycles. The molecule has 0 atom stereocenters. The second kappa shape index (κ2) is 5.67. The number of nitrogens with zero attached hydrogens (tertiary/aromatic N) is 1. The van der Waals surface area contributed by atoms with E-state index in [2.05, 4.69) is 4.98 Å². The molecule has 3 rings (SSSR count). The largest absolute Gasteiger partial charge is 0.504 e. The Morgan fingerprint density at radius 3 is 2.67 bits per heavy atom. The Kier molecular flexibility index (Phi) is 3.56. The second-order valence-corrected chi connectivity index (χ2v) is 4.69. The van der Waals surface area contributed by atoms with E-state index in [0.29, 0.717) is 5.75 Å². The van der Waals surface area contributed by atoms with Gasteiger partial charge in [0.15, 0.2) is 11.5 Å². The molecule has 0 unspecified atom stereocenters. The zero-order valence-electron chi connectivity index (χ0n) is 11.7. The molecule has 1 aromatic heterocycles. The van der Waals surface area contributed by atoms with Crippen molar-refractivity contribution in [2.75, 3.05) is 7.11 Å². The van der Waals surface area contributed by atoms with E-state index < -0.39 is 0 Å². The molecule has 0 saturated heterocycles. The van der Waals surface area contributed by atoms with Crippen LogP contribution in [0.15, 0.2) is 54.6 Å². The number of methoxy groups -OCH3 is 1. The van der Waals surface area contributed by atoms with Gasteiger partial charge in [-0.1, -0.05) is 36.4 Å². The van der Waals surface area contributed by atoms with Gasteiger partial charge in [0.05, 0.1) is 18.3 Å². The molecule has 0 amide bonds. The Hall–Kier alpha value is -2.81. The van der Waals surface area contributed by atoms with E-state index >= 15 is 0 Å². The molecule has 0 radical (unpaired) electrons. The van der Waals surface area contributed by atoms with Crippen LogP contribution in [-0.4, -0.2) is 17.2 Å². The fourth-order valence-corrected chi connectivity index (χ4v) is 2.17. The van der Waals surface area contributed by atoms with Crippen LogP contribution >= 0.6 is 0 Å². The lowest BCUT2D eigenvalue weighted by Gasteiger charge is -2.03. The summed E-state index contributed by atoms with van der Waals surface area (Å²) < 4.78 is 5.02. The van der Waals surface area contributed by atoms with Gasteiger partial charge in [0.2, 0.25) is 0 Å². The minimum Gasteiger partial charge on any atom is -0.504 e. The number of ether oxygens (including phenoxy) is 1. The van der Waals surface area contributed by atoms with Gasteiger partial charge in [0.25, 0.3) is 0 Å². The maximum absolute atomic E-state index is 9.76. The third-order valence-corrected chi connectivity index (χ3v) is 3.27. The van der Waals surface area contributed by atoms with E-state index in [4.69, 9.17) is 4.74 Å². The summed E-state index contributed by atoms with van der Waals surface area (Å²) in [6, 6.07) is 17.3. The molecule has 0 bridgehead atoms.